The van der Waals surface area contributed by atoms with Gasteiger partial charge in [-0.05, 0) is 99.1 Å². The van der Waals surface area contributed by atoms with E-state index in [9.17, 15) is 0 Å². The van der Waals surface area contributed by atoms with Crippen molar-refractivity contribution in [3.63, 3.8) is 0 Å². The molecule has 0 bridgehead atoms. The zero-order valence-electron chi connectivity index (χ0n) is 29.7. The molecule has 0 fully saturated rings. The predicted molar refractivity (Wildman–Crippen MR) is 228 cm³/mol. The fourth-order valence-electron chi connectivity index (χ4n) is 8.76. The van der Waals surface area contributed by atoms with Crippen LogP contribution in [0.2, 0.25) is 0 Å². The Morgan fingerprint density at radius 2 is 0.929 bits per heavy atom. The highest BCUT2D eigenvalue weighted by molar-refractivity contribution is 7.22. The molecule has 5 nitrogen and oxygen atoms in total. The first-order valence-corrected chi connectivity index (χ1v) is 20.1. The first kappa shape index (κ1) is 31.5. The first-order chi connectivity index (χ1) is 27.7. The molecule has 10 aromatic rings. The van der Waals surface area contributed by atoms with Gasteiger partial charge in [-0.25, -0.2) is 9.97 Å². The number of rotatable bonds is 4. The lowest BCUT2D eigenvalue weighted by atomic mass is 9.66. The molecule has 262 valence electrons. The smallest absolute Gasteiger partial charge is 0.132 e. The fraction of sp³-hybridized carbons (Fsp3) is 0.0204. The van der Waals surface area contributed by atoms with Crippen LogP contribution in [0.4, 0.5) is 0 Å². The highest BCUT2D eigenvalue weighted by atomic mass is 32.1. The van der Waals surface area contributed by atoms with Gasteiger partial charge in [0.15, 0.2) is 0 Å². The second kappa shape index (κ2) is 12.1. The van der Waals surface area contributed by atoms with Crippen molar-refractivity contribution in [2.75, 3.05) is 0 Å². The third-order valence-corrected chi connectivity index (χ3v) is 13.4. The normalized spacial score (nSPS) is 13.3. The van der Waals surface area contributed by atoms with Gasteiger partial charge in [0.05, 0.1) is 27.2 Å². The summed E-state index contributed by atoms with van der Waals surface area (Å²) in [6.07, 6.45) is 7.31. The van der Waals surface area contributed by atoms with Crippen LogP contribution in [-0.4, -0.2) is 19.9 Å². The molecular weight excluding hydrogens is 725 g/mol. The molecule has 0 saturated heterocycles. The molecule has 0 atom stereocenters. The van der Waals surface area contributed by atoms with E-state index in [0.717, 1.165) is 86.5 Å². The SMILES string of the molecule is c1cc(-c2cc(-c3nc4cnccc4s3)cc(-c3nc4cnccc4s3)c2)cc(-c2ccc3c(c2)C2(c4ccccc4O3)c3ccccc3-c3ccccc32)c1. The van der Waals surface area contributed by atoms with Gasteiger partial charge in [0.2, 0.25) is 0 Å². The summed E-state index contributed by atoms with van der Waals surface area (Å²) >= 11 is 3.36. The Kier molecular flexibility index (Phi) is 6.82. The third kappa shape index (κ3) is 4.65. The maximum atomic E-state index is 6.71. The summed E-state index contributed by atoms with van der Waals surface area (Å²) in [5, 5.41) is 1.90. The van der Waals surface area contributed by atoms with E-state index < -0.39 is 5.41 Å². The lowest BCUT2D eigenvalue weighted by Gasteiger charge is -2.39. The number of ether oxygens (including phenoxy) is 1. The van der Waals surface area contributed by atoms with E-state index in [1.807, 2.05) is 36.9 Å². The minimum absolute atomic E-state index is 0.520. The van der Waals surface area contributed by atoms with E-state index in [1.165, 1.54) is 22.3 Å². The van der Waals surface area contributed by atoms with Gasteiger partial charge in [-0.3, -0.25) is 9.97 Å². The number of para-hydroxylation sites is 1. The molecule has 0 amide bonds. The Hall–Kier alpha value is -6.80. The summed E-state index contributed by atoms with van der Waals surface area (Å²) in [6.45, 7) is 0. The third-order valence-electron chi connectivity index (χ3n) is 11.2. The fourth-order valence-corrected chi connectivity index (χ4v) is 10.6. The molecular formula is C49H28N4OS2. The molecule has 5 heterocycles. The number of fused-ring (bicyclic) bond motifs is 11. The molecule has 7 heteroatoms. The summed E-state index contributed by atoms with van der Waals surface area (Å²) < 4.78 is 8.94. The zero-order chi connectivity index (χ0) is 36.8. The zero-order valence-corrected chi connectivity index (χ0v) is 31.3. The van der Waals surface area contributed by atoms with E-state index in [4.69, 9.17) is 14.7 Å². The minimum atomic E-state index is -0.520. The number of thiazole rings is 2. The lowest BCUT2D eigenvalue weighted by Crippen LogP contribution is -2.32. The van der Waals surface area contributed by atoms with E-state index in [1.54, 1.807) is 22.7 Å². The Bertz CT molecular complexity index is 3010. The van der Waals surface area contributed by atoms with Gasteiger partial charge in [0.1, 0.15) is 32.5 Å². The van der Waals surface area contributed by atoms with Crippen LogP contribution >= 0.6 is 22.7 Å². The highest BCUT2D eigenvalue weighted by Gasteiger charge is 2.51. The van der Waals surface area contributed by atoms with Gasteiger partial charge in [0, 0.05) is 34.6 Å². The monoisotopic (exact) mass is 752 g/mol. The number of aromatic nitrogens is 4. The van der Waals surface area contributed by atoms with Crippen molar-refractivity contribution in [1.82, 2.24) is 19.9 Å². The maximum Gasteiger partial charge on any atom is 0.132 e. The molecule has 1 aliphatic carbocycles. The summed E-state index contributed by atoms with van der Waals surface area (Å²) in [4.78, 5) is 18.6. The second-order valence-corrected chi connectivity index (χ2v) is 16.3. The van der Waals surface area contributed by atoms with Crippen molar-refractivity contribution in [1.29, 1.82) is 0 Å². The van der Waals surface area contributed by atoms with Gasteiger partial charge in [-0.1, -0.05) is 91.0 Å². The quantitative estimate of drug-likeness (QED) is 0.179. The second-order valence-electron chi connectivity index (χ2n) is 14.3. The van der Waals surface area contributed by atoms with Crippen molar-refractivity contribution < 1.29 is 4.74 Å². The van der Waals surface area contributed by atoms with Crippen LogP contribution in [0.1, 0.15) is 22.3 Å². The van der Waals surface area contributed by atoms with E-state index >= 15 is 0 Å². The molecule has 1 aliphatic heterocycles. The summed E-state index contributed by atoms with van der Waals surface area (Å²) in [6, 6.07) is 52.6. The first-order valence-electron chi connectivity index (χ1n) is 18.5. The van der Waals surface area contributed by atoms with Gasteiger partial charge in [-0.2, -0.15) is 0 Å². The highest BCUT2D eigenvalue weighted by Crippen LogP contribution is 2.62. The lowest BCUT2D eigenvalue weighted by molar-refractivity contribution is 0.436. The maximum absolute atomic E-state index is 6.71. The molecule has 4 aromatic heterocycles. The predicted octanol–water partition coefficient (Wildman–Crippen LogP) is 12.8. The number of pyridine rings is 2. The van der Waals surface area contributed by atoms with Crippen LogP contribution < -0.4 is 4.74 Å². The molecule has 0 unspecified atom stereocenters. The van der Waals surface area contributed by atoms with Gasteiger partial charge >= 0.3 is 0 Å². The summed E-state index contributed by atoms with van der Waals surface area (Å²) in [7, 11) is 0. The molecule has 56 heavy (non-hydrogen) atoms. The number of benzene rings is 6. The summed E-state index contributed by atoms with van der Waals surface area (Å²) in [5.41, 5.74) is 15.3. The van der Waals surface area contributed by atoms with Crippen LogP contribution in [-0.2, 0) is 5.41 Å². The number of hydrogen-bond acceptors (Lipinski definition) is 7. The molecule has 6 aromatic carbocycles. The van der Waals surface area contributed by atoms with Crippen molar-refractivity contribution in [3.8, 4) is 66.0 Å². The average molecular weight is 753 g/mol. The number of nitrogens with zero attached hydrogens (tertiary/aromatic N) is 4. The molecule has 2 aliphatic rings. The Morgan fingerprint density at radius 3 is 1.57 bits per heavy atom. The largest absolute Gasteiger partial charge is 0.457 e. The average Bonchev–Trinajstić information content (AvgIpc) is 3.98. The van der Waals surface area contributed by atoms with E-state index in [0.29, 0.717) is 0 Å². The Balaban J connectivity index is 1.03. The van der Waals surface area contributed by atoms with Crippen LogP contribution in [0.25, 0.3) is 75.0 Å². The van der Waals surface area contributed by atoms with Gasteiger partial charge < -0.3 is 4.74 Å². The van der Waals surface area contributed by atoms with Crippen LogP contribution in [0.15, 0.2) is 170 Å². The molecule has 1 spiro atoms. The van der Waals surface area contributed by atoms with Crippen LogP contribution in [0, 0.1) is 0 Å². The number of hydrogen-bond donors (Lipinski definition) is 0. The van der Waals surface area contributed by atoms with Gasteiger partial charge in [-0.15, -0.1) is 22.7 Å². The molecule has 0 N–H and O–H groups in total. The minimum Gasteiger partial charge on any atom is -0.457 e. The van der Waals surface area contributed by atoms with E-state index in [2.05, 4.69) is 143 Å². The molecule has 0 radical (unpaired) electrons. The summed E-state index contributed by atoms with van der Waals surface area (Å²) in [5.74, 6) is 1.77. The molecule has 12 rings (SSSR count). The van der Waals surface area contributed by atoms with Gasteiger partial charge in [0.25, 0.3) is 0 Å². The van der Waals surface area contributed by atoms with Crippen molar-refractivity contribution in [3.05, 3.63) is 193 Å². The van der Waals surface area contributed by atoms with Crippen molar-refractivity contribution in [2.24, 2.45) is 0 Å². The van der Waals surface area contributed by atoms with Crippen LogP contribution in [0.3, 0.4) is 0 Å². The molecule has 0 saturated carbocycles. The Morgan fingerprint density at radius 1 is 0.411 bits per heavy atom. The van der Waals surface area contributed by atoms with Crippen molar-refractivity contribution >= 4 is 43.1 Å². The standard InChI is InChI=1S/C49H28N4OS2/c1-3-12-37-35(10-1)36-11-2-4-13-38(36)49(37)39-14-5-6-15-43(39)54-44-17-16-31(26-40(44)49)29-8-7-9-30(22-29)32-23-33(47-52-41-27-50-20-18-45(41)55-47)25-34(24-32)48-53-42-28-51-21-19-46(42)56-48/h1-28H. The topological polar surface area (TPSA) is 60.8 Å². The Labute approximate surface area is 330 Å². The van der Waals surface area contributed by atoms with E-state index in [-0.39, 0.29) is 0 Å². The van der Waals surface area contributed by atoms with Crippen LogP contribution in [0.5, 0.6) is 11.5 Å². The van der Waals surface area contributed by atoms with Crippen molar-refractivity contribution in [2.45, 2.75) is 5.41 Å².